The van der Waals surface area contributed by atoms with E-state index in [2.05, 4.69) is 5.10 Å². The van der Waals surface area contributed by atoms with Crippen LogP contribution in [0.1, 0.15) is 22.5 Å². The number of aromatic nitrogens is 2. The van der Waals surface area contributed by atoms with E-state index in [0.717, 1.165) is 11.4 Å². The van der Waals surface area contributed by atoms with E-state index in [-0.39, 0.29) is 25.5 Å². The highest BCUT2D eigenvalue weighted by molar-refractivity contribution is 5.94. The van der Waals surface area contributed by atoms with Gasteiger partial charge in [0.2, 0.25) is 0 Å². The molecule has 0 bridgehead atoms. The van der Waals surface area contributed by atoms with Crippen molar-refractivity contribution >= 4 is 5.91 Å². The molecule has 1 aromatic carbocycles. The Kier molecular flexibility index (Phi) is 3.94. The molecule has 5 nitrogen and oxygen atoms in total. The summed E-state index contributed by atoms with van der Waals surface area (Å²) in [5.74, 6) is -0.247. The molecule has 2 heterocycles. The molecule has 0 saturated carbocycles. The summed E-state index contributed by atoms with van der Waals surface area (Å²) in [6.45, 7) is 1.78. The van der Waals surface area contributed by atoms with Gasteiger partial charge in [0.25, 0.3) is 5.91 Å². The number of alkyl halides is 1. The van der Waals surface area contributed by atoms with Gasteiger partial charge in [-0.3, -0.25) is 4.79 Å². The average Bonchev–Trinajstić information content (AvgIpc) is 3.12. The van der Waals surface area contributed by atoms with Crippen molar-refractivity contribution in [1.82, 2.24) is 14.7 Å². The van der Waals surface area contributed by atoms with E-state index in [1.165, 1.54) is 4.90 Å². The Morgan fingerprint density at radius 1 is 1.36 bits per heavy atom. The average molecular weight is 303 g/mol. The molecule has 1 saturated heterocycles. The minimum atomic E-state index is -1.06. The number of aliphatic hydroxyl groups excluding tert-OH is 1. The van der Waals surface area contributed by atoms with E-state index in [9.17, 15) is 14.3 Å². The molecule has 1 fully saturated rings. The van der Waals surface area contributed by atoms with E-state index >= 15 is 0 Å². The molecule has 1 amide bonds. The topological polar surface area (TPSA) is 58.4 Å². The number of hydrogen-bond acceptors (Lipinski definition) is 3. The number of hydrogen-bond donors (Lipinski definition) is 1. The van der Waals surface area contributed by atoms with Gasteiger partial charge in [-0.25, -0.2) is 9.07 Å². The number of likely N-dealkylation sites (tertiary alicyclic amines) is 1. The quantitative estimate of drug-likeness (QED) is 0.939. The summed E-state index contributed by atoms with van der Waals surface area (Å²) in [7, 11) is 0. The normalized spacial score (nSPS) is 21.3. The van der Waals surface area contributed by atoms with Crippen LogP contribution in [0.2, 0.25) is 0 Å². The lowest BCUT2D eigenvalue weighted by atomic mass is 10.1. The van der Waals surface area contributed by atoms with E-state index in [4.69, 9.17) is 0 Å². The molecule has 1 N–H and O–H groups in total. The fourth-order valence-corrected chi connectivity index (χ4v) is 2.83. The molecule has 0 spiro atoms. The molecule has 1 aliphatic heterocycles. The highest BCUT2D eigenvalue weighted by Crippen LogP contribution is 2.23. The molecule has 2 atom stereocenters. The summed E-state index contributed by atoms with van der Waals surface area (Å²) in [5.41, 5.74) is 2.35. The first-order valence-electron chi connectivity index (χ1n) is 7.27. The molecule has 3 rings (SSSR count). The number of halogens is 1. The van der Waals surface area contributed by atoms with Crippen molar-refractivity contribution in [1.29, 1.82) is 0 Å². The number of carbonyl (C=O) groups is 1. The Labute approximate surface area is 128 Å². The van der Waals surface area contributed by atoms with E-state index < -0.39 is 12.2 Å². The monoisotopic (exact) mass is 303 g/mol. The lowest BCUT2D eigenvalue weighted by molar-refractivity contribution is 0.0673. The van der Waals surface area contributed by atoms with Gasteiger partial charge < -0.3 is 10.0 Å². The molecule has 0 radical (unpaired) electrons. The zero-order valence-corrected chi connectivity index (χ0v) is 12.3. The minimum Gasteiger partial charge on any atom is -0.394 e. The maximum Gasteiger partial charge on any atom is 0.254 e. The van der Waals surface area contributed by atoms with Crippen LogP contribution in [0.25, 0.3) is 5.69 Å². The summed E-state index contributed by atoms with van der Waals surface area (Å²) >= 11 is 0. The SMILES string of the molecule is Cc1ccnn1-c1ccc(C(=O)N2C[C@@H](F)C[C@H]2CO)cc1. The first kappa shape index (κ1) is 14.7. The van der Waals surface area contributed by atoms with Crippen molar-refractivity contribution in [3.05, 3.63) is 47.8 Å². The molecule has 1 aromatic heterocycles. The summed E-state index contributed by atoms with van der Waals surface area (Å²) in [4.78, 5) is 13.9. The van der Waals surface area contributed by atoms with E-state index in [0.29, 0.717) is 5.56 Å². The standard InChI is InChI=1S/C16H18FN3O2/c1-11-6-7-18-20(11)14-4-2-12(3-5-14)16(22)19-9-13(17)8-15(19)10-21/h2-7,13,15,21H,8-10H2,1H3/t13-,15-/m0/s1. The predicted molar refractivity (Wildman–Crippen MR) is 79.7 cm³/mol. The molecule has 116 valence electrons. The summed E-state index contributed by atoms with van der Waals surface area (Å²) in [5, 5.41) is 13.5. The number of amides is 1. The lowest BCUT2D eigenvalue weighted by Crippen LogP contribution is -2.37. The first-order chi connectivity index (χ1) is 10.6. The van der Waals surface area contributed by atoms with Crippen molar-refractivity contribution in [2.45, 2.75) is 25.6 Å². The van der Waals surface area contributed by atoms with Crippen molar-refractivity contribution in [3.8, 4) is 5.69 Å². The van der Waals surface area contributed by atoms with E-state index in [1.807, 2.05) is 25.1 Å². The number of aliphatic hydroxyl groups is 1. The number of carbonyl (C=O) groups excluding carboxylic acids is 1. The van der Waals surface area contributed by atoms with Crippen molar-refractivity contribution in [2.75, 3.05) is 13.2 Å². The molecule has 0 unspecified atom stereocenters. The smallest absolute Gasteiger partial charge is 0.254 e. The largest absolute Gasteiger partial charge is 0.394 e. The third-order valence-electron chi connectivity index (χ3n) is 4.03. The van der Waals surface area contributed by atoms with Crippen molar-refractivity contribution in [2.24, 2.45) is 0 Å². The second-order valence-electron chi connectivity index (χ2n) is 5.56. The van der Waals surface area contributed by atoms with Gasteiger partial charge in [-0.2, -0.15) is 5.10 Å². The zero-order chi connectivity index (χ0) is 15.7. The van der Waals surface area contributed by atoms with Crippen LogP contribution in [0.3, 0.4) is 0 Å². The highest BCUT2D eigenvalue weighted by Gasteiger charge is 2.35. The van der Waals surface area contributed by atoms with Crippen LogP contribution in [0, 0.1) is 6.92 Å². The van der Waals surface area contributed by atoms with Gasteiger partial charge in [-0.15, -0.1) is 0 Å². The molecule has 22 heavy (non-hydrogen) atoms. The van der Waals surface area contributed by atoms with Gasteiger partial charge in [-0.05, 0) is 37.3 Å². The first-order valence-corrected chi connectivity index (χ1v) is 7.27. The minimum absolute atomic E-state index is 0.0457. The maximum absolute atomic E-state index is 13.5. The Balaban J connectivity index is 1.81. The van der Waals surface area contributed by atoms with Crippen LogP contribution in [-0.2, 0) is 0 Å². The van der Waals surface area contributed by atoms with Crippen molar-refractivity contribution in [3.63, 3.8) is 0 Å². The lowest BCUT2D eigenvalue weighted by Gasteiger charge is -2.22. The van der Waals surface area contributed by atoms with Crippen LogP contribution in [0.4, 0.5) is 4.39 Å². The predicted octanol–water partition coefficient (Wildman–Crippen LogP) is 1.73. The van der Waals surface area contributed by atoms with Crippen molar-refractivity contribution < 1.29 is 14.3 Å². The van der Waals surface area contributed by atoms with Gasteiger partial charge in [-0.1, -0.05) is 0 Å². The summed E-state index contributed by atoms with van der Waals surface area (Å²) in [6, 6.07) is 8.50. The van der Waals surface area contributed by atoms with Crippen LogP contribution >= 0.6 is 0 Å². The third kappa shape index (κ3) is 2.62. The number of nitrogens with zero attached hydrogens (tertiary/aromatic N) is 3. The van der Waals surface area contributed by atoms with Gasteiger partial charge >= 0.3 is 0 Å². The van der Waals surface area contributed by atoms with Crippen LogP contribution in [0.5, 0.6) is 0 Å². The molecule has 0 aliphatic carbocycles. The van der Waals surface area contributed by atoms with Gasteiger partial charge in [0, 0.05) is 23.9 Å². The fraction of sp³-hybridized carbons (Fsp3) is 0.375. The Bertz CT molecular complexity index is 668. The summed E-state index contributed by atoms with van der Waals surface area (Å²) < 4.78 is 15.2. The van der Waals surface area contributed by atoms with E-state index in [1.54, 1.807) is 23.0 Å². The fourth-order valence-electron chi connectivity index (χ4n) is 2.83. The number of aryl methyl sites for hydroxylation is 1. The molecule has 6 heteroatoms. The number of benzene rings is 1. The van der Waals surface area contributed by atoms with Gasteiger partial charge in [0.1, 0.15) is 6.17 Å². The third-order valence-corrected chi connectivity index (χ3v) is 4.03. The van der Waals surface area contributed by atoms with Crippen LogP contribution in [0.15, 0.2) is 36.5 Å². The number of rotatable bonds is 3. The molecule has 1 aliphatic rings. The van der Waals surface area contributed by atoms with Crippen LogP contribution in [-0.4, -0.2) is 51.1 Å². The Morgan fingerprint density at radius 3 is 2.68 bits per heavy atom. The Hall–Kier alpha value is -2.21. The Morgan fingerprint density at radius 2 is 2.09 bits per heavy atom. The second kappa shape index (κ2) is 5.88. The highest BCUT2D eigenvalue weighted by atomic mass is 19.1. The zero-order valence-electron chi connectivity index (χ0n) is 12.3. The molecule has 2 aromatic rings. The second-order valence-corrected chi connectivity index (χ2v) is 5.56. The molecular weight excluding hydrogens is 285 g/mol. The summed E-state index contributed by atoms with van der Waals surface area (Å²) in [6.07, 6.45) is 0.852. The van der Waals surface area contributed by atoms with Gasteiger partial charge in [0.05, 0.1) is 24.9 Å². The van der Waals surface area contributed by atoms with Crippen LogP contribution < -0.4 is 0 Å². The van der Waals surface area contributed by atoms with Gasteiger partial charge in [0.15, 0.2) is 0 Å². The molecular formula is C16H18FN3O2. The maximum atomic E-state index is 13.5.